The molecule has 3 nitrogen and oxygen atoms in total. The van der Waals surface area contributed by atoms with Crippen molar-refractivity contribution in [2.45, 2.75) is 13.5 Å². The summed E-state index contributed by atoms with van der Waals surface area (Å²) in [5.41, 5.74) is 1.15. The molecular weight excluding hydrogens is 238 g/mol. The van der Waals surface area contributed by atoms with E-state index in [9.17, 15) is 0 Å². The highest BCUT2D eigenvalue weighted by Crippen LogP contribution is 2.24. The van der Waals surface area contributed by atoms with Gasteiger partial charge < -0.3 is 14.8 Å². The van der Waals surface area contributed by atoms with E-state index in [1.165, 1.54) is 0 Å². The fraction of sp³-hybridized carbons (Fsp3) is 0.538. The first kappa shape index (κ1) is 14.3. The first-order valence-electron chi connectivity index (χ1n) is 5.69. The summed E-state index contributed by atoms with van der Waals surface area (Å²) in [5.74, 6) is 1.22. The average Bonchev–Trinajstić information content (AvgIpc) is 2.29. The molecule has 1 unspecified atom stereocenters. The second-order valence-electron chi connectivity index (χ2n) is 4.16. The molecule has 0 bridgehead atoms. The number of benzene rings is 1. The highest BCUT2D eigenvalue weighted by Gasteiger charge is 2.03. The van der Waals surface area contributed by atoms with Gasteiger partial charge in [-0.1, -0.05) is 24.6 Å². The molecule has 1 aromatic carbocycles. The van der Waals surface area contributed by atoms with Gasteiger partial charge in [-0.3, -0.25) is 0 Å². The highest BCUT2D eigenvalue weighted by atomic mass is 35.5. The summed E-state index contributed by atoms with van der Waals surface area (Å²) in [6.45, 7) is 4.66. The monoisotopic (exact) mass is 257 g/mol. The number of halogens is 1. The fourth-order valence-corrected chi connectivity index (χ4v) is 1.91. The van der Waals surface area contributed by atoms with Crippen molar-refractivity contribution in [3.05, 3.63) is 28.8 Å². The van der Waals surface area contributed by atoms with Crippen LogP contribution in [-0.2, 0) is 11.3 Å². The molecule has 1 aromatic rings. The number of hydrogen-bond donors (Lipinski definition) is 1. The van der Waals surface area contributed by atoms with Gasteiger partial charge in [0.25, 0.3) is 0 Å². The number of hydrogen-bond acceptors (Lipinski definition) is 3. The highest BCUT2D eigenvalue weighted by molar-refractivity contribution is 6.32. The molecule has 0 radical (unpaired) electrons. The molecular formula is C13H20ClNO2. The molecule has 1 atom stereocenters. The van der Waals surface area contributed by atoms with Crippen molar-refractivity contribution in [1.82, 2.24) is 5.32 Å². The van der Waals surface area contributed by atoms with E-state index in [1.807, 2.05) is 18.2 Å². The van der Waals surface area contributed by atoms with E-state index in [0.29, 0.717) is 16.7 Å². The fourth-order valence-electron chi connectivity index (χ4n) is 1.63. The molecule has 0 aliphatic carbocycles. The topological polar surface area (TPSA) is 30.5 Å². The summed E-state index contributed by atoms with van der Waals surface area (Å²) in [6, 6.07) is 5.82. The smallest absolute Gasteiger partial charge is 0.137 e. The van der Waals surface area contributed by atoms with Gasteiger partial charge in [0, 0.05) is 26.8 Å². The lowest BCUT2D eigenvalue weighted by Gasteiger charge is -2.12. The van der Waals surface area contributed by atoms with Crippen LogP contribution in [0.25, 0.3) is 0 Å². The largest absolute Gasteiger partial charge is 0.495 e. The molecule has 0 aliphatic heterocycles. The minimum atomic E-state index is 0.508. The molecule has 0 saturated carbocycles. The first-order valence-corrected chi connectivity index (χ1v) is 6.07. The van der Waals surface area contributed by atoms with E-state index in [4.69, 9.17) is 21.1 Å². The van der Waals surface area contributed by atoms with Crippen molar-refractivity contribution in [2.75, 3.05) is 27.4 Å². The van der Waals surface area contributed by atoms with Gasteiger partial charge in [0.2, 0.25) is 0 Å². The molecule has 1 rings (SSSR count). The third-order valence-corrected chi connectivity index (χ3v) is 2.78. The lowest BCUT2D eigenvalue weighted by Crippen LogP contribution is -2.23. The van der Waals surface area contributed by atoms with Crippen LogP contribution in [-0.4, -0.2) is 27.4 Å². The van der Waals surface area contributed by atoms with Crippen LogP contribution < -0.4 is 10.1 Å². The van der Waals surface area contributed by atoms with Gasteiger partial charge in [-0.2, -0.15) is 0 Å². The summed E-state index contributed by atoms with van der Waals surface area (Å²) in [4.78, 5) is 0. The third kappa shape index (κ3) is 4.94. The number of methoxy groups -OCH3 is 2. The Hall–Kier alpha value is -0.770. The minimum absolute atomic E-state index is 0.508. The molecule has 0 aliphatic rings. The van der Waals surface area contributed by atoms with E-state index in [-0.39, 0.29) is 0 Å². The van der Waals surface area contributed by atoms with Crippen LogP contribution in [0.5, 0.6) is 5.75 Å². The van der Waals surface area contributed by atoms with Gasteiger partial charge in [0.05, 0.1) is 12.1 Å². The molecule has 17 heavy (non-hydrogen) atoms. The SMILES string of the molecule is COCC(C)CNCc1ccc(OC)c(Cl)c1. The molecule has 0 aromatic heterocycles. The summed E-state index contributed by atoms with van der Waals surface area (Å²) in [5, 5.41) is 4.02. The zero-order valence-electron chi connectivity index (χ0n) is 10.6. The quantitative estimate of drug-likeness (QED) is 0.815. The Morgan fingerprint density at radius 1 is 1.35 bits per heavy atom. The van der Waals surface area contributed by atoms with Crippen LogP contribution in [0.3, 0.4) is 0 Å². The van der Waals surface area contributed by atoms with E-state index in [2.05, 4.69) is 12.2 Å². The van der Waals surface area contributed by atoms with Gasteiger partial charge in [0.1, 0.15) is 5.75 Å². The second-order valence-corrected chi connectivity index (χ2v) is 4.57. The normalized spacial score (nSPS) is 12.5. The molecule has 0 heterocycles. The molecule has 0 fully saturated rings. The Labute approximate surface area is 108 Å². The van der Waals surface area contributed by atoms with Gasteiger partial charge >= 0.3 is 0 Å². The first-order chi connectivity index (χ1) is 8.17. The summed E-state index contributed by atoms with van der Waals surface area (Å²) in [6.07, 6.45) is 0. The Bertz CT molecular complexity index is 344. The average molecular weight is 258 g/mol. The predicted octanol–water partition coefficient (Wildman–Crippen LogP) is 2.72. The number of rotatable bonds is 7. The standard InChI is InChI=1S/C13H20ClNO2/c1-10(9-16-2)7-15-8-11-4-5-13(17-3)12(14)6-11/h4-6,10,15H,7-9H2,1-3H3. The Morgan fingerprint density at radius 3 is 2.71 bits per heavy atom. The molecule has 0 spiro atoms. The van der Waals surface area contributed by atoms with Crippen LogP contribution in [0.15, 0.2) is 18.2 Å². The summed E-state index contributed by atoms with van der Waals surface area (Å²) in [7, 11) is 3.34. The van der Waals surface area contributed by atoms with Crippen LogP contribution in [0.4, 0.5) is 0 Å². The van der Waals surface area contributed by atoms with Gasteiger partial charge in [-0.25, -0.2) is 0 Å². The summed E-state index contributed by atoms with van der Waals surface area (Å²) >= 11 is 6.05. The van der Waals surface area contributed by atoms with Crippen molar-refractivity contribution in [2.24, 2.45) is 5.92 Å². The van der Waals surface area contributed by atoms with Crippen molar-refractivity contribution >= 4 is 11.6 Å². The summed E-state index contributed by atoms with van der Waals surface area (Å²) < 4.78 is 10.2. The van der Waals surface area contributed by atoms with Crippen LogP contribution >= 0.6 is 11.6 Å². The molecule has 0 amide bonds. The van der Waals surface area contributed by atoms with Gasteiger partial charge in [0.15, 0.2) is 0 Å². The molecule has 1 N–H and O–H groups in total. The number of nitrogens with one attached hydrogen (secondary N) is 1. The van der Waals surface area contributed by atoms with Crippen molar-refractivity contribution < 1.29 is 9.47 Å². The van der Waals surface area contributed by atoms with E-state index < -0.39 is 0 Å². The maximum absolute atomic E-state index is 6.05. The Balaban J connectivity index is 2.39. The van der Waals surface area contributed by atoms with E-state index in [1.54, 1.807) is 14.2 Å². The second kappa shape index (κ2) is 7.54. The van der Waals surface area contributed by atoms with Crippen LogP contribution in [0.1, 0.15) is 12.5 Å². The van der Waals surface area contributed by atoms with Crippen molar-refractivity contribution in [1.29, 1.82) is 0 Å². The van der Waals surface area contributed by atoms with Crippen molar-refractivity contribution in [3.63, 3.8) is 0 Å². The predicted molar refractivity (Wildman–Crippen MR) is 70.8 cm³/mol. The van der Waals surface area contributed by atoms with Crippen LogP contribution in [0, 0.1) is 5.92 Å². The van der Waals surface area contributed by atoms with E-state index >= 15 is 0 Å². The zero-order valence-corrected chi connectivity index (χ0v) is 11.4. The zero-order chi connectivity index (χ0) is 12.7. The lowest BCUT2D eigenvalue weighted by molar-refractivity contribution is 0.158. The third-order valence-electron chi connectivity index (χ3n) is 2.49. The Morgan fingerprint density at radius 2 is 2.12 bits per heavy atom. The molecule has 0 saturated heterocycles. The Kier molecular flexibility index (Phi) is 6.34. The van der Waals surface area contributed by atoms with Crippen LogP contribution in [0.2, 0.25) is 5.02 Å². The van der Waals surface area contributed by atoms with Gasteiger partial charge in [-0.15, -0.1) is 0 Å². The van der Waals surface area contributed by atoms with Gasteiger partial charge in [-0.05, 0) is 23.6 Å². The number of ether oxygens (including phenoxy) is 2. The lowest BCUT2D eigenvalue weighted by atomic mass is 10.2. The maximum Gasteiger partial charge on any atom is 0.137 e. The molecule has 4 heteroatoms. The maximum atomic E-state index is 6.05. The van der Waals surface area contributed by atoms with E-state index in [0.717, 1.165) is 25.3 Å². The molecule has 96 valence electrons. The minimum Gasteiger partial charge on any atom is -0.495 e. The van der Waals surface area contributed by atoms with Crippen molar-refractivity contribution in [3.8, 4) is 5.75 Å².